The summed E-state index contributed by atoms with van der Waals surface area (Å²) in [5, 5.41) is 0. The van der Waals surface area contributed by atoms with Gasteiger partial charge in [-0.1, -0.05) is 44.2 Å². The quantitative estimate of drug-likeness (QED) is 0.839. The molecular formula is C15H19NO3. The Bertz CT molecular complexity index is 470. The molecule has 1 aromatic rings. The van der Waals surface area contributed by atoms with E-state index >= 15 is 0 Å². The Hall–Kier alpha value is -1.84. The molecule has 4 heteroatoms. The number of nitrogens with zero attached hydrogens (tertiary/aromatic N) is 1. The summed E-state index contributed by atoms with van der Waals surface area (Å²) in [6.45, 7) is 5.76. The number of ether oxygens (including phenoxy) is 1. The third kappa shape index (κ3) is 2.78. The minimum absolute atomic E-state index is 0.161. The molecule has 1 heterocycles. The van der Waals surface area contributed by atoms with Gasteiger partial charge in [-0.15, -0.1) is 0 Å². The molecule has 0 spiro atoms. The van der Waals surface area contributed by atoms with Crippen molar-refractivity contribution in [2.75, 3.05) is 0 Å². The van der Waals surface area contributed by atoms with E-state index in [1.54, 1.807) is 0 Å². The average Bonchev–Trinajstić information content (AvgIpc) is 2.65. The molecular weight excluding hydrogens is 242 g/mol. The summed E-state index contributed by atoms with van der Waals surface area (Å²) in [4.78, 5) is 25.2. The normalized spacial score (nSPS) is 22.7. The standard InChI is InChI=1S/C15H19NO3/c1-10(2)9-13(17)16-11(3)14(19-15(16)18)12-7-5-4-6-8-12/h4-8,10-11,14H,9H2,1-3H3/t11-,14-/m1/s1. The predicted molar refractivity (Wildman–Crippen MR) is 71.4 cm³/mol. The van der Waals surface area contributed by atoms with E-state index in [9.17, 15) is 9.59 Å². The topological polar surface area (TPSA) is 46.6 Å². The Morgan fingerprint density at radius 1 is 1.32 bits per heavy atom. The zero-order valence-corrected chi connectivity index (χ0v) is 11.5. The van der Waals surface area contributed by atoms with Crippen LogP contribution in [0.25, 0.3) is 0 Å². The van der Waals surface area contributed by atoms with Crippen molar-refractivity contribution in [2.45, 2.75) is 39.3 Å². The summed E-state index contributed by atoms with van der Waals surface area (Å²) >= 11 is 0. The molecule has 102 valence electrons. The van der Waals surface area contributed by atoms with Gasteiger partial charge < -0.3 is 4.74 Å². The molecule has 1 saturated heterocycles. The van der Waals surface area contributed by atoms with E-state index in [0.717, 1.165) is 5.56 Å². The minimum atomic E-state index is -0.535. The highest BCUT2D eigenvalue weighted by molar-refractivity contribution is 5.93. The van der Waals surface area contributed by atoms with Crippen LogP contribution in [-0.4, -0.2) is 22.9 Å². The van der Waals surface area contributed by atoms with Crippen LogP contribution in [0.3, 0.4) is 0 Å². The molecule has 1 aliphatic rings. The highest BCUT2D eigenvalue weighted by atomic mass is 16.6. The first-order chi connectivity index (χ1) is 9.00. The number of amides is 2. The summed E-state index contributed by atoms with van der Waals surface area (Å²) in [6.07, 6.45) is -0.544. The molecule has 1 aliphatic heterocycles. The lowest BCUT2D eigenvalue weighted by molar-refractivity contribution is -0.129. The summed E-state index contributed by atoms with van der Waals surface area (Å²) in [5.74, 6) is 0.0641. The van der Waals surface area contributed by atoms with Gasteiger partial charge in [0.1, 0.15) is 6.10 Å². The van der Waals surface area contributed by atoms with Crippen molar-refractivity contribution in [3.63, 3.8) is 0 Å². The maximum Gasteiger partial charge on any atom is 0.417 e. The van der Waals surface area contributed by atoms with Crippen LogP contribution in [0.4, 0.5) is 4.79 Å². The Labute approximate surface area is 113 Å². The summed E-state index contributed by atoms with van der Waals surface area (Å²) in [7, 11) is 0. The van der Waals surface area contributed by atoms with Crippen LogP contribution in [0.5, 0.6) is 0 Å². The molecule has 2 rings (SSSR count). The van der Waals surface area contributed by atoms with Gasteiger partial charge >= 0.3 is 6.09 Å². The molecule has 1 aromatic carbocycles. The zero-order chi connectivity index (χ0) is 14.0. The third-order valence-electron chi connectivity index (χ3n) is 3.25. The molecule has 0 radical (unpaired) electrons. The first-order valence-electron chi connectivity index (χ1n) is 6.58. The number of cyclic esters (lactones) is 1. The smallest absolute Gasteiger partial charge is 0.417 e. The number of benzene rings is 1. The van der Waals surface area contributed by atoms with Gasteiger partial charge in [0.15, 0.2) is 0 Å². The van der Waals surface area contributed by atoms with E-state index in [1.807, 2.05) is 51.1 Å². The van der Waals surface area contributed by atoms with Crippen LogP contribution in [0, 0.1) is 5.92 Å². The number of hydrogen-bond acceptors (Lipinski definition) is 3. The van der Waals surface area contributed by atoms with E-state index in [0.29, 0.717) is 6.42 Å². The largest absolute Gasteiger partial charge is 0.439 e. The summed E-state index contributed by atoms with van der Waals surface area (Å²) in [6, 6.07) is 9.26. The molecule has 19 heavy (non-hydrogen) atoms. The lowest BCUT2D eigenvalue weighted by Gasteiger charge is -2.20. The highest BCUT2D eigenvalue weighted by Crippen LogP contribution is 2.32. The number of rotatable bonds is 3. The van der Waals surface area contributed by atoms with Crippen LogP contribution < -0.4 is 0 Å². The van der Waals surface area contributed by atoms with Crippen molar-refractivity contribution in [1.29, 1.82) is 0 Å². The van der Waals surface area contributed by atoms with Crippen LogP contribution in [0.2, 0.25) is 0 Å². The number of imide groups is 1. The van der Waals surface area contributed by atoms with E-state index in [1.165, 1.54) is 4.90 Å². The Balaban J connectivity index is 2.17. The second-order valence-corrected chi connectivity index (χ2v) is 5.32. The monoisotopic (exact) mass is 261 g/mol. The lowest BCUT2D eigenvalue weighted by atomic mass is 10.0. The van der Waals surface area contributed by atoms with Crippen LogP contribution in [0.1, 0.15) is 38.9 Å². The molecule has 0 N–H and O–H groups in total. The third-order valence-corrected chi connectivity index (χ3v) is 3.25. The maximum atomic E-state index is 12.1. The fourth-order valence-electron chi connectivity index (χ4n) is 2.33. The Morgan fingerprint density at radius 3 is 2.53 bits per heavy atom. The zero-order valence-electron chi connectivity index (χ0n) is 11.5. The van der Waals surface area contributed by atoms with Gasteiger partial charge in [0, 0.05) is 6.42 Å². The summed E-state index contributed by atoms with van der Waals surface area (Å²) < 4.78 is 5.34. The number of carbonyl (C=O) groups excluding carboxylic acids is 2. The maximum absolute atomic E-state index is 12.1. The van der Waals surface area contributed by atoms with Crippen LogP contribution >= 0.6 is 0 Å². The van der Waals surface area contributed by atoms with E-state index in [-0.39, 0.29) is 24.0 Å². The molecule has 4 nitrogen and oxygen atoms in total. The van der Waals surface area contributed by atoms with E-state index < -0.39 is 6.09 Å². The van der Waals surface area contributed by atoms with Crippen LogP contribution in [0.15, 0.2) is 30.3 Å². The predicted octanol–water partition coefficient (Wildman–Crippen LogP) is 3.14. The lowest BCUT2D eigenvalue weighted by Crippen LogP contribution is -2.38. The number of hydrogen-bond donors (Lipinski definition) is 0. The molecule has 2 amide bonds. The Kier molecular flexibility index (Phi) is 3.88. The van der Waals surface area contributed by atoms with Crippen molar-refractivity contribution in [3.8, 4) is 0 Å². The highest BCUT2D eigenvalue weighted by Gasteiger charge is 2.43. The molecule has 0 unspecified atom stereocenters. The average molecular weight is 261 g/mol. The van der Waals surface area contributed by atoms with Gasteiger partial charge in [0.25, 0.3) is 0 Å². The second kappa shape index (κ2) is 5.43. The van der Waals surface area contributed by atoms with Gasteiger partial charge in [-0.3, -0.25) is 4.79 Å². The molecule has 0 bridgehead atoms. The second-order valence-electron chi connectivity index (χ2n) is 5.32. The van der Waals surface area contributed by atoms with Gasteiger partial charge in [-0.05, 0) is 18.4 Å². The van der Waals surface area contributed by atoms with E-state index in [2.05, 4.69) is 0 Å². The fraction of sp³-hybridized carbons (Fsp3) is 0.467. The Morgan fingerprint density at radius 2 is 1.95 bits per heavy atom. The minimum Gasteiger partial charge on any atom is -0.439 e. The van der Waals surface area contributed by atoms with Gasteiger partial charge in [0.05, 0.1) is 6.04 Å². The van der Waals surface area contributed by atoms with E-state index in [4.69, 9.17) is 4.74 Å². The molecule has 0 aliphatic carbocycles. The number of carbonyl (C=O) groups is 2. The molecule has 0 saturated carbocycles. The van der Waals surface area contributed by atoms with Gasteiger partial charge in [0.2, 0.25) is 5.91 Å². The summed E-state index contributed by atoms with van der Waals surface area (Å²) in [5.41, 5.74) is 0.920. The first kappa shape index (κ1) is 13.6. The van der Waals surface area contributed by atoms with Crippen molar-refractivity contribution in [2.24, 2.45) is 5.92 Å². The molecule has 1 fully saturated rings. The van der Waals surface area contributed by atoms with Crippen molar-refractivity contribution >= 4 is 12.0 Å². The first-order valence-corrected chi connectivity index (χ1v) is 6.58. The SMILES string of the molecule is CC(C)CC(=O)N1C(=O)O[C@@H](c2ccccc2)[C@H]1C. The van der Waals surface area contributed by atoms with Crippen molar-refractivity contribution in [1.82, 2.24) is 4.90 Å². The van der Waals surface area contributed by atoms with Gasteiger partial charge in [-0.2, -0.15) is 0 Å². The van der Waals surface area contributed by atoms with Crippen molar-refractivity contribution in [3.05, 3.63) is 35.9 Å². The molecule has 2 atom stereocenters. The van der Waals surface area contributed by atoms with Crippen LogP contribution in [-0.2, 0) is 9.53 Å². The molecule has 0 aromatic heterocycles. The fourth-order valence-corrected chi connectivity index (χ4v) is 2.33. The van der Waals surface area contributed by atoms with Gasteiger partial charge in [-0.25, -0.2) is 9.69 Å². The van der Waals surface area contributed by atoms with Crippen molar-refractivity contribution < 1.29 is 14.3 Å².